The van der Waals surface area contributed by atoms with E-state index in [0.717, 1.165) is 12.0 Å². The van der Waals surface area contributed by atoms with E-state index in [4.69, 9.17) is 4.18 Å². The minimum atomic E-state index is -3.28. The molecule has 4 atom stereocenters. The van der Waals surface area contributed by atoms with Crippen molar-refractivity contribution in [2.24, 2.45) is 11.8 Å². The molecule has 0 radical (unpaired) electrons. The Hall–Kier alpha value is 0.127. The lowest BCUT2D eigenvalue weighted by Gasteiger charge is -2.36. The first-order valence-corrected chi connectivity index (χ1v) is 11.4. The maximum absolute atomic E-state index is 11.2. The third-order valence-electron chi connectivity index (χ3n) is 4.16. The van der Waals surface area contributed by atoms with Gasteiger partial charge in [-0.2, -0.15) is 8.42 Å². The topological polar surface area (TPSA) is 43.4 Å². The average Bonchev–Trinajstić information content (AvgIpc) is 2.56. The van der Waals surface area contributed by atoms with E-state index in [1.54, 1.807) is 0 Å². The van der Waals surface area contributed by atoms with Crippen molar-refractivity contribution < 1.29 is 12.6 Å². The van der Waals surface area contributed by atoms with Crippen LogP contribution in [0, 0.1) is 11.8 Å². The van der Waals surface area contributed by atoms with Gasteiger partial charge in [0.1, 0.15) is 0 Å². The van der Waals surface area contributed by atoms with Crippen molar-refractivity contribution in [3.05, 3.63) is 0 Å². The van der Waals surface area contributed by atoms with Gasteiger partial charge < -0.3 is 0 Å². The van der Waals surface area contributed by atoms with Gasteiger partial charge in [-0.05, 0) is 36.6 Å². The summed E-state index contributed by atoms with van der Waals surface area (Å²) in [6.07, 6.45) is 4.60. The fourth-order valence-corrected chi connectivity index (χ4v) is 6.96. The zero-order chi connectivity index (χ0) is 12.1. The summed E-state index contributed by atoms with van der Waals surface area (Å²) < 4.78 is 27.7. The van der Waals surface area contributed by atoms with Crippen LogP contribution in [0.5, 0.6) is 0 Å². The van der Waals surface area contributed by atoms with Gasteiger partial charge in [-0.15, -0.1) is 0 Å². The number of fused-ring (bicyclic) bond motifs is 2. The van der Waals surface area contributed by atoms with Crippen LogP contribution < -0.4 is 0 Å². The number of hydrogen-bond acceptors (Lipinski definition) is 3. The van der Waals surface area contributed by atoms with Crippen LogP contribution in [0.4, 0.5) is 0 Å². The van der Waals surface area contributed by atoms with E-state index < -0.39 is 18.2 Å². The van der Waals surface area contributed by atoms with Crippen molar-refractivity contribution in [2.75, 3.05) is 6.26 Å². The van der Waals surface area contributed by atoms with Crippen LogP contribution in [0.25, 0.3) is 0 Å². The molecule has 2 bridgehead atoms. The molecule has 94 valence electrons. The second-order valence-electron chi connectivity index (χ2n) is 6.55. The fraction of sp³-hybridized carbons (Fsp3) is 1.00. The lowest BCUT2D eigenvalue weighted by atomic mass is 9.97. The highest BCUT2D eigenvalue weighted by Gasteiger charge is 2.51. The molecule has 2 saturated carbocycles. The monoisotopic (exact) mass is 262 g/mol. The first-order chi connectivity index (χ1) is 7.17. The Morgan fingerprint density at radius 1 is 1.12 bits per heavy atom. The van der Waals surface area contributed by atoms with Crippen molar-refractivity contribution in [1.29, 1.82) is 0 Å². The summed E-state index contributed by atoms with van der Waals surface area (Å²) in [5.74, 6) is 1.22. The van der Waals surface area contributed by atoms with Crippen LogP contribution >= 0.6 is 0 Å². The SMILES string of the molecule is C[Si](C)(C)[C@H]1C[C@@H]2C[C@H]1[C@@H](OS(C)(=O)=O)C2. The molecular formula is C11H22O3SSi. The molecule has 0 unspecified atom stereocenters. The highest BCUT2D eigenvalue weighted by atomic mass is 32.2. The van der Waals surface area contributed by atoms with Crippen molar-refractivity contribution in [1.82, 2.24) is 0 Å². The van der Waals surface area contributed by atoms with Crippen molar-refractivity contribution in [3.63, 3.8) is 0 Å². The molecule has 2 rings (SSSR count). The second kappa shape index (κ2) is 3.82. The molecule has 3 nitrogen and oxygen atoms in total. The second-order valence-corrected chi connectivity index (χ2v) is 13.6. The van der Waals surface area contributed by atoms with Crippen LogP contribution in [0.15, 0.2) is 0 Å². The molecule has 0 aliphatic heterocycles. The number of hydrogen-bond donors (Lipinski definition) is 0. The van der Waals surface area contributed by atoms with E-state index in [0.29, 0.717) is 11.8 Å². The lowest BCUT2D eigenvalue weighted by molar-refractivity contribution is 0.145. The Morgan fingerprint density at radius 3 is 2.19 bits per heavy atom. The Labute approximate surface area is 99.7 Å². The first kappa shape index (κ1) is 12.6. The van der Waals surface area contributed by atoms with Gasteiger partial charge >= 0.3 is 0 Å². The van der Waals surface area contributed by atoms with Crippen LogP contribution in [-0.2, 0) is 14.3 Å². The molecule has 16 heavy (non-hydrogen) atoms. The zero-order valence-electron chi connectivity index (χ0n) is 10.6. The molecule has 0 aromatic carbocycles. The smallest absolute Gasteiger partial charge is 0.264 e. The minimum Gasteiger partial charge on any atom is -0.267 e. The molecule has 0 spiro atoms. The predicted molar refractivity (Wildman–Crippen MR) is 67.6 cm³/mol. The molecular weight excluding hydrogens is 240 g/mol. The fourth-order valence-electron chi connectivity index (χ4n) is 3.62. The summed E-state index contributed by atoms with van der Waals surface area (Å²) in [4.78, 5) is 0. The van der Waals surface area contributed by atoms with Crippen LogP contribution in [0.3, 0.4) is 0 Å². The summed E-state index contributed by atoms with van der Waals surface area (Å²) in [6, 6.07) is 0. The van der Waals surface area contributed by atoms with Crippen molar-refractivity contribution >= 4 is 18.2 Å². The Bertz CT molecular complexity index is 371. The third-order valence-corrected chi connectivity index (χ3v) is 7.65. The van der Waals surface area contributed by atoms with Gasteiger partial charge in [-0.1, -0.05) is 19.6 Å². The highest BCUT2D eigenvalue weighted by molar-refractivity contribution is 7.86. The quantitative estimate of drug-likeness (QED) is 0.580. The molecule has 2 aliphatic carbocycles. The Morgan fingerprint density at radius 2 is 1.75 bits per heavy atom. The summed E-state index contributed by atoms with van der Waals surface area (Å²) in [6.45, 7) is 7.15. The molecule has 2 fully saturated rings. The van der Waals surface area contributed by atoms with Gasteiger partial charge in [-0.25, -0.2) is 0 Å². The van der Waals surface area contributed by atoms with Crippen LogP contribution in [0.1, 0.15) is 19.3 Å². The first-order valence-electron chi connectivity index (χ1n) is 6.05. The van der Waals surface area contributed by atoms with Gasteiger partial charge in [0.25, 0.3) is 10.1 Å². The number of rotatable bonds is 3. The van der Waals surface area contributed by atoms with E-state index in [1.807, 2.05) is 0 Å². The van der Waals surface area contributed by atoms with E-state index in [1.165, 1.54) is 19.1 Å². The van der Waals surface area contributed by atoms with Crippen molar-refractivity contribution in [3.8, 4) is 0 Å². The summed E-state index contributed by atoms with van der Waals surface area (Å²) in [5.41, 5.74) is 0.748. The molecule has 5 heteroatoms. The van der Waals surface area contributed by atoms with Gasteiger partial charge in [0.15, 0.2) is 0 Å². The molecule has 0 aromatic rings. The minimum absolute atomic E-state index is 0.0227. The summed E-state index contributed by atoms with van der Waals surface area (Å²) >= 11 is 0. The standard InChI is InChI=1S/C11H22O3SSi/c1-15(12,13)14-10-6-8-5-9(10)11(7-8)16(2,3)4/h8-11H,5-7H2,1-4H3/t8-,9+,10+,11+/m1/s1. The van der Waals surface area contributed by atoms with Gasteiger partial charge in [0.05, 0.1) is 12.4 Å². The average molecular weight is 262 g/mol. The molecule has 0 N–H and O–H groups in total. The highest BCUT2D eigenvalue weighted by Crippen LogP contribution is 2.56. The van der Waals surface area contributed by atoms with Crippen LogP contribution in [-0.4, -0.2) is 28.9 Å². The Balaban J connectivity index is 2.10. The third kappa shape index (κ3) is 2.51. The van der Waals surface area contributed by atoms with Gasteiger partial charge in [-0.3, -0.25) is 4.18 Å². The maximum atomic E-state index is 11.2. The largest absolute Gasteiger partial charge is 0.267 e. The molecule has 2 aliphatic rings. The van der Waals surface area contributed by atoms with Crippen molar-refractivity contribution in [2.45, 2.75) is 50.5 Å². The van der Waals surface area contributed by atoms with E-state index in [9.17, 15) is 8.42 Å². The summed E-state index contributed by atoms with van der Waals surface area (Å²) in [7, 11) is -4.45. The summed E-state index contributed by atoms with van der Waals surface area (Å²) in [5, 5.41) is 0. The van der Waals surface area contributed by atoms with E-state index >= 15 is 0 Å². The molecule has 0 saturated heterocycles. The van der Waals surface area contributed by atoms with E-state index in [-0.39, 0.29) is 6.10 Å². The van der Waals surface area contributed by atoms with E-state index in [2.05, 4.69) is 19.6 Å². The Kier molecular flexibility index (Phi) is 3.00. The molecule has 0 amide bonds. The lowest BCUT2D eigenvalue weighted by Crippen LogP contribution is -2.38. The predicted octanol–water partition coefficient (Wildman–Crippen LogP) is 2.47. The molecule has 0 heterocycles. The zero-order valence-corrected chi connectivity index (χ0v) is 12.4. The van der Waals surface area contributed by atoms with Crippen LogP contribution in [0.2, 0.25) is 25.2 Å². The van der Waals surface area contributed by atoms with Gasteiger partial charge in [0.2, 0.25) is 0 Å². The van der Waals surface area contributed by atoms with Gasteiger partial charge in [0, 0.05) is 8.07 Å². The molecule has 0 aromatic heterocycles. The maximum Gasteiger partial charge on any atom is 0.264 e. The normalized spacial score (nSPS) is 39.2.